The maximum absolute atomic E-state index is 12.4. The fraction of sp³-hybridized carbons (Fsp3) is 0.158. The number of aryl methyl sites for hydroxylation is 2. The summed E-state index contributed by atoms with van der Waals surface area (Å²) in [5, 5.41) is 0.701. The van der Waals surface area contributed by atoms with Gasteiger partial charge in [-0.05, 0) is 72.6 Å². The third-order valence-electron chi connectivity index (χ3n) is 3.89. The molecule has 0 N–H and O–H groups in total. The van der Waals surface area contributed by atoms with Crippen molar-refractivity contribution in [2.45, 2.75) is 13.8 Å². The zero-order chi connectivity index (χ0) is 17.3. The predicted molar refractivity (Wildman–Crippen MR) is 105 cm³/mol. The van der Waals surface area contributed by atoms with Crippen LogP contribution in [0.2, 0.25) is 0 Å². The minimum atomic E-state index is -0.0227. The van der Waals surface area contributed by atoms with Crippen LogP contribution in [-0.2, 0) is 4.79 Å². The second-order valence-corrected chi connectivity index (χ2v) is 7.61. The van der Waals surface area contributed by atoms with Crippen molar-refractivity contribution in [1.29, 1.82) is 0 Å². The molecular formula is C19H17BrN2OS. The first-order chi connectivity index (χ1) is 11.4. The first-order valence-corrected chi connectivity index (χ1v) is 9.14. The maximum Gasteiger partial charge on any atom is 0.266 e. The molecule has 1 saturated heterocycles. The number of halogens is 1. The molecule has 1 amide bonds. The van der Waals surface area contributed by atoms with Gasteiger partial charge in [-0.3, -0.25) is 9.69 Å². The molecule has 0 saturated carbocycles. The molecule has 1 heterocycles. The van der Waals surface area contributed by atoms with Crippen LogP contribution in [0.25, 0.3) is 6.08 Å². The first kappa shape index (κ1) is 17.0. The number of nitrogens with zero attached hydrogens (tertiary/aromatic N) is 2. The van der Waals surface area contributed by atoms with Gasteiger partial charge in [-0.1, -0.05) is 34.1 Å². The molecule has 3 rings (SSSR count). The molecule has 2 aromatic rings. The summed E-state index contributed by atoms with van der Waals surface area (Å²) in [6.45, 7) is 4.14. The molecule has 122 valence electrons. The third-order valence-corrected chi connectivity index (χ3v) is 5.48. The standard InChI is InChI=1S/C19H17BrN2OS/c1-12-4-9-16(10-13(12)2)21-19-22(3)18(23)17(24-19)11-14-5-7-15(20)8-6-14/h4-11H,1-3H3. The van der Waals surface area contributed by atoms with Gasteiger partial charge in [0.05, 0.1) is 10.6 Å². The van der Waals surface area contributed by atoms with Crippen LogP contribution in [0, 0.1) is 13.8 Å². The Morgan fingerprint density at radius 2 is 1.79 bits per heavy atom. The summed E-state index contributed by atoms with van der Waals surface area (Å²) in [6.07, 6.45) is 1.90. The molecule has 0 aromatic heterocycles. The van der Waals surface area contributed by atoms with Crippen LogP contribution >= 0.6 is 27.7 Å². The Labute approximate surface area is 154 Å². The Hall–Kier alpha value is -1.85. The number of benzene rings is 2. The number of thioether (sulfide) groups is 1. The summed E-state index contributed by atoms with van der Waals surface area (Å²) in [5.74, 6) is -0.0227. The predicted octanol–water partition coefficient (Wildman–Crippen LogP) is 5.30. The number of carbonyl (C=O) groups excluding carboxylic acids is 1. The highest BCUT2D eigenvalue weighted by Gasteiger charge is 2.30. The van der Waals surface area contributed by atoms with E-state index in [2.05, 4.69) is 40.8 Å². The van der Waals surface area contributed by atoms with Gasteiger partial charge >= 0.3 is 0 Å². The van der Waals surface area contributed by atoms with Crippen LogP contribution in [0.5, 0.6) is 0 Å². The van der Waals surface area contributed by atoms with Gasteiger partial charge in [0.1, 0.15) is 0 Å². The highest BCUT2D eigenvalue weighted by molar-refractivity contribution is 9.10. The van der Waals surface area contributed by atoms with E-state index in [4.69, 9.17) is 0 Å². The zero-order valence-corrected chi connectivity index (χ0v) is 16.1. The fourth-order valence-electron chi connectivity index (χ4n) is 2.27. The van der Waals surface area contributed by atoms with E-state index in [1.165, 1.54) is 22.9 Å². The average molecular weight is 401 g/mol. The van der Waals surface area contributed by atoms with Gasteiger partial charge in [0, 0.05) is 11.5 Å². The number of rotatable bonds is 2. The molecule has 1 aliphatic rings. The Morgan fingerprint density at radius 3 is 2.46 bits per heavy atom. The van der Waals surface area contributed by atoms with Crippen LogP contribution in [0.15, 0.2) is 56.8 Å². The molecular weight excluding hydrogens is 384 g/mol. The van der Waals surface area contributed by atoms with Gasteiger partial charge < -0.3 is 0 Å². The SMILES string of the molecule is Cc1ccc(N=C2SC(=Cc3ccc(Br)cc3)C(=O)N2C)cc1C. The lowest BCUT2D eigenvalue weighted by Gasteiger charge is -2.08. The second kappa shape index (κ2) is 6.95. The first-order valence-electron chi connectivity index (χ1n) is 7.53. The summed E-state index contributed by atoms with van der Waals surface area (Å²) in [5.41, 5.74) is 4.29. The van der Waals surface area contributed by atoms with Gasteiger partial charge in [-0.2, -0.15) is 0 Å². The monoisotopic (exact) mass is 400 g/mol. The van der Waals surface area contributed by atoms with E-state index in [0.717, 1.165) is 15.7 Å². The molecule has 5 heteroatoms. The number of likely N-dealkylation sites (N-methyl/N-ethyl adjacent to an activating group) is 1. The number of aliphatic imine (C=N–C) groups is 1. The molecule has 1 fully saturated rings. The van der Waals surface area contributed by atoms with Gasteiger partial charge in [-0.25, -0.2) is 4.99 Å². The highest BCUT2D eigenvalue weighted by Crippen LogP contribution is 2.33. The minimum absolute atomic E-state index is 0.0227. The van der Waals surface area contributed by atoms with E-state index < -0.39 is 0 Å². The lowest BCUT2D eigenvalue weighted by Crippen LogP contribution is -2.23. The van der Waals surface area contributed by atoms with Crippen molar-refractivity contribution in [3.63, 3.8) is 0 Å². The molecule has 0 bridgehead atoms. The number of hydrogen-bond donors (Lipinski definition) is 0. The van der Waals surface area contributed by atoms with Crippen LogP contribution in [-0.4, -0.2) is 23.0 Å². The van der Waals surface area contributed by atoms with E-state index in [-0.39, 0.29) is 5.91 Å². The average Bonchev–Trinajstić information content (AvgIpc) is 2.81. The van der Waals surface area contributed by atoms with E-state index in [1.54, 1.807) is 11.9 Å². The Balaban J connectivity index is 1.89. The Bertz CT molecular complexity index is 856. The summed E-state index contributed by atoms with van der Waals surface area (Å²) in [4.78, 5) is 19.4. The Morgan fingerprint density at radius 1 is 1.08 bits per heavy atom. The van der Waals surface area contributed by atoms with Crippen LogP contribution in [0.1, 0.15) is 16.7 Å². The quantitative estimate of drug-likeness (QED) is 0.640. The maximum atomic E-state index is 12.4. The van der Waals surface area contributed by atoms with Crippen molar-refractivity contribution in [3.8, 4) is 0 Å². The van der Waals surface area contributed by atoms with Gasteiger partial charge in [0.2, 0.25) is 0 Å². The Kier molecular flexibility index (Phi) is 4.92. The summed E-state index contributed by atoms with van der Waals surface area (Å²) in [6, 6.07) is 13.9. The van der Waals surface area contributed by atoms with Crippen molar-refractivity contribution >= 4 is 50.5 Å². The normalized spacial score (nSPS) is 18.0. The third kappa shape index (κ3) is 3.62. The lowest BCUT2D eigenvalue weighted by atomic mass is 10.1. The summed E-state index contributed by atoms with van der Waals surface area (Å²) < 4.78 is 1.02. The van der Waals surface area contributed by atoms with E-state index in [1.807, 2.05) is 42.5 Å². The lowest BCUT2D eigenvalue weighted by molar-refractivity contribution is -0.121. The zero-order valence-electron chi connectivity index (χ0n) is 13.7. The number of amides is 1. The molecule has 0 spiro atoms. The largest absolute Gasteiger partial charge is 0.290 e. The van der Waals surface area contributed by atoms with E-state index in [0.29, 0.717) is 10.1 Å². The van der Waals surface area contributed by atoms with Crippen molar-refractivity contribution in [3.05, 3.63) is 68.5 Å². The number of amidine groups is 1. The van der Waals surface area contributed by atoms with Crippen molar-refractivity contribution in [1.82, 2.24) is 4.90 Å². The highest BCUT2D eigenvalue weighted by atomic mass is 79.9. The van der Waals surface area contributed by atoms with Crippen molar-refractivity contribution in [2.75, 3.05) is 7.05 Å². The number of hydrogen-bond acceptors (Lipinski definition) is 3. The molecule has 1 aliphatic heterocycles. The van der Waals surface area contributed by atoms with E-state index >= 15 is 0 Å². The fourth-order valence-corrected chi connectivity index (χ4v) is 3.52. The molecule has 0 atom stereocenters. The van der Waals surface area contributed by atoms with E-state index in [9.17, 15) is 4.79 Å². The van der Waals surface area contributed by atoms with Crippen LogP contribution in [0.3, 0.4) is 0 Å². The van der Waals surface area contributed by atoms with Crippen molar-refractivity contribution < 1.29 is 4.79 Å². The molecule has 0 radical (unpaired) electrons. The second-order valence-electron chi connectivity index (χ2n) is 5.69. The minimum Gasteiger partial charge on any atom is -0.290 e. The molecule has 0 aliphatic carbocycles. The van der Waals surface area contributed by atoms with Gasteiger partial charge in [-0.15, -0.1) is 0 Å². The van der Waals surface area contributed by atoms with Crippen molar-refractivity contribution in [2.24, 2.45) is 4.99 Å². The molecule has 2 aromatic carbocycles. The topological polar surface area (TPSA) is 32.7 Å². The van der Waals surface area contributed by atoms with Crippen LogP contribution in [0.4, 0.5) is 5.69 Å². The smallest absolute Gasteiger partial charge is 0.266 e. The summed E-state index contributed by atoms with van der Waals surface area (Å²) >= 11 is 4.82. The van der Waals surface area contributed by atoms with Gasteiger partial charge in [0.25, 0.3) is 5.91 Å². The molecule has 24 heavy (non-hydrogen) atoms. The van der Waals surface area contributed by atoms with Crippen LogP contribution < -0.4 is 0 Å². The molecule has 3 nitrogen and oxygen atoms in total. The molecule has 0 unspecified atom stereocenters. The van der Waals surface area contributed by atoms with Gasteiger partial charge in [0.15, 0.2) is 5.17 Å². The summed E-state index contributed by atoms with van der Waals surface area (Å²) in [7, 11) is 1.76. The number of carbonyl (C=O) groups is 1.